The predicted molar refractivity (Wildman–Crippen MR) is 90.1 cm³/mol. The molecule has 1 aliphatic carbocycles. The van der Waals surface area contributed by atoms with Crippen LogP contribution in [0.2, 0.25) is 0 Å². The van der Waals surface area contributed by atoms with Crippen molar-refractivity contribution in [1.29, 1.82) is 0 Å². The molecule has 4 heteroatoms. The molecule has 0 atom stereocenters. The smallest absolute Gasteiger partial charge is 0.144 e. The first-order valence-corrected chi connectivity index (χ1v) is 8.41. The van der Waals surface area contributed by atoms with E-state index in [1.165, 1.54) is 24.1 Å². The zero-order valence-electron chi connectivity index (χ0n) is 12.6. The molecule has 2 aromatic rings. The van der Waals surface area contributed by atoms with E-state index in [9.17, 15) is 0 Å². The van der Waals surface area contributed by atoms with Gasteiger partial charge in [-0.15, -0.1) is 0 Å². The molecule has 1 aliphatic rings. The lowest BCUT2D eigenvalue weighted by Gasteiger charge is -2.25. The first-order valence-electron chi connectivity index (χ1n) is 7.47. The molecule has 0 saturated heterocycles. The van der Waals surface area contributed by atoms with E-state index in [2.05, 4.69) is 33.9 Å². The molecule has 0 amide bonds. The highest BCUT2D eigenvalue weighted by molar-refractivity contribution is 7.07. The normalized spacial score (nSPS) is 14.4. The molecule has 1 fully saturated rings. The summed E-state index contributed by atoms with van der Waals surface area (Å²) in [6, 6.07) is 8.99. The lowest BCUT2D eigenvalue weighted by atomic mass is 10.2. The van der Waals surface area contributed by atoms with Crippen molar-refractivity contribution in [3.8, 4) is 5.75 Å². The number of benzene rings is 1. The van der Waals surface area contributed by atoms with Crippen LogP contribution in [0.4, 0.5) is 11.4 Å². The van der Waals surface area contributed by atoms with Crippen LogP contribution in [0.3, 0.4) is 0 Å². The monoisotopic (exact) mass is 302 g/mol. The van der Waals surface area contributed by atoms with E-state index in [0.717, 1.165) is 12.3 Å². The standard InChI is InChI=1S/C17H22N2OS/c1-12(2)20-17-9-15(5-6-16(17)18)19(14-3-4-14)10-13-7-8-21-11-13/h5-9,11-12,14H,3-4,10,18H2,1-2H3. The maximum Gasteiger partial charge on any atom is 0.144 e. The predicted octanol–water partition coefficient (Wildman–Crippen LogP) is 4.29. The third-order valence-corrected chi connectivity index (χ3v) is 4.34. The van der Waals surface area contributed by atoms with Gasteiger partial charge in [-0.3, -0.25) is 0 Å². The van der Waals surface area contributed by atoms with E-state index in [1.807, 2.05) is 19.9 Å². The zero-order chi connectivity index (χ0) is 14.8. The Morgan fingerprint density at radius 3 is 2.76 bits per heavy atom. The fraction of sp³-hybridized carbons (Fsp3) is 0.412. The van der Waals surface area contributed by atoms with Gasteiger partial charge in [-0.2, -0.15) is 11.3 Å². The minimum atomic E-state index is 0.133. The van der Waals surface area contributed by atoms with Crippen LogP contribution in [-0.4, -0.2) is 12.1 Å². The van der Waals surface area contributed by atoms with Crippen molar-refractivity contribution in [2.75, 3.05) is 10.6 Å². The first-order chi connectivity index (χ1) is 10.1. The summed E-state index contributed by atoms with van der Waals surface area (Å²) in [7, 11) is 0. The number of nitrogens with zero attached hydrogens (tertiary/aromatic N) is 1. The van der Waals surface area contributed by atoms with Crippen LogP contribution in [0.5, 0.6) is 5.75 Å². The summed E-state index contributed by atoms with van der Waals surface area (Å²) in [5.41, 5.74) is 9.30. The van der Waals surface area contributed by atoms with Crippen molar-refractivity contribution >= 4 is 22.7 Å². The van der Waals surface area contributed by atoms with Crippen LogP contribution >= 0.6 is 11.3 Å². The van der Waals surface area contributed by atoms with Crippen molar-refractivity contribution in [2.45, 2.75) is 45.4 Å². The molecule has 0 bridgehead atoms. The Labute approximate surface area is 130 Å². The highest BCUT2D eigenvalue weighted by Crippen LogP contribution is 2.36. The van der Waals surface area contributed by atoms with Gasteiger partial charge in [-0.25, -0.2) is 0 Å². The third kappa shape index (κ3) is 3.50. The third-order valence-electron chi connectivity index (χ3n) is 3.61. The van der Waals surface area contributed by atoms with Gasteiger partial charge in [0.1, 0.15) is 5.75 Å². The molecule has 1 aromatic carbocycles. The Morgan fingerprint density at radius 2 is 2.14 bits per heavy atom. The van der Waals surface area contributed by atoms with Gasteiger partial charge in [0, 0.05) is 24.3 Å². The van der Waals surface area contributed by atoms with Gasteiger partial charge in [0.15, 0.2) is 0 Å². The maximum atomic E-state index is 6.02. The van der Waals surface area contributed by atoms with Gasteiger partial charge in [-0.1, -0.05) is 0 Å². The van der Waals surface area contributed by atoms with Crippen LogP contribution < -0.4 is 15.4 Å². The Morgan fingerprint density at radius 1 is 1.33 bits per heavy atom. The Hall–Kier alpha value is -1.68. The summed E-state index contributed by atoms with van der Waals surface area (Å²) in [5.74, 6) is 0.790. The van der Waals surface area contributed by atoms with Crippen LogP contribution in [0.15, 0.2) is 35.0 Å². The lowest BCUT2D eigenvalue weighted by molar-refractivity contribution is 0.244. The molecule has 1 heterocycles. The summed E-state index contributed by atoms with van der Waals surface area (Å²) in [6.45, 7) is 5.01. The fourth-order valence-corrected chi connectivity index (χ4v) is 3.11. The first kappa shape index (κ1) is 14.3. The summed E-state index contributed by atoms with van der Waals surface area (Å²) >= 11 is 1.75. The second-order valence-corrected chi connectivity index (χ2v) is 6.66. The Bertz CT molecular complexity index is 591. The number of thiophene rings is 1. The van der Waals surface area contributed by atoms with E-state index in [-0.39, 0.29) is 6.10 Å². The van der Waals surface area contributed by atoms with Crippen molar-refractivity contribution in [3.05, 3.63) is 40.6 Å². The highest BCUT2D eigenvalue weighted by Gasteiger charge is 2.29. The molecule has 112 valence electrons. The van der Waals surface area contributed by atoms with Gasteiger partial charge in [0.25, 0.3) is 0 Å². The van der Waals surface area contributed by atoms with Crippen LogP contribution in [0.25, 0.3) is 0 Å². The summed E-state index contributed by atoms with van der Waals surface area (Å²) in [4.78, 5) is 2.47. The van der Waals surface area contributed by atoms with E-state index < -0.39 is 0 Å². The largest absolute Gasteiger partial charge is 0.489 e. The average Bonchev–Trinajstić information content (AvgIpc) is 3.15. The van der Waals surface area contributed by atoms with Crippen molar-refractivity contribution in [2.24, 2.45) is 0 Å². The number of nitrogen functional groups attached to an aromatic ring is 1. The number of rotatable bonds is 6. The Balaban J connectivity index is 1.85. The van der Waals surface area contributed by atoms with Gasteiger partial charge in [0.2, 0.25) is 0 Å². The molecule has 3 nitrogen and oxygen atoms in total. The Kier molecular flexibility index (Phi) is 4.06. The number of ether oxygens (including phenoxy) is 1. The maximum absolute atomic E-state index is 6.02. The van der Waals surface area contributed by atoms with E-state index in [0.29, 0.717) is 11.7 Å². The summed E-state index contributed by atoms with van der Waals surface area (Å²) < 4.78 is 5.82. The molecule has 0 radical (unpaired) electrons. The van der Waals surface area contributed by atoms with Gasteiger partial charge < -0.3 is 15.4 Å². The van der Waals surface area contributed by atoms with E-state index in [1.54, 1.807) is 11.3 Å². The van der Waals surface area contributed by atoms with E-state index >= 15 is 0 Å². The minimum absolute atomic E-state index is 0.133. The zero-order valence-corrected chi connectivity index (χ0v) is 13.4. The minimum Gasteiger partial charge on any atom is -0.489 e. The fourth-order valence-electron chi connectivity index (χ4n) is 2.45. The van der Waals surface area contributed by atoms with Crippen LogP contribution in [0, 0.1) is 0 Å². The highest BCUT2D eigenvalue weighted by atomic mass is 32.1. The number of nitrogens with two attached hydrogens (primary N) is 1. The lowest BCUT2D eigenvalue weighted by Crippen LogP contribution is -2.24. The van der Waals surface area contributed by atoms with Gasteiger partial charge in [-0.05, 0) is 61.2 Å². The number of hydrogen-bond donors (Lipinski definition) is 1. The SMILES string of the molecule is CC(C)Oc1cc(N(Cc2ccsc2)C2CC2)ccc1N. The molecule has 21 heavy (non-hydrogen) atoms. The van der Waals surface area contributed by atoms with Crippen molar-refractivity contribution in [1.82, 2.24) is 0 Å². The molecule has 0 unspecified atom stereocenters. The number of anilines is 2. The van der Waals surface area contributed by atoms with E-state index in [4.69, 9.17) is 10.5 Å². The van der Waals surface area contributed by atoms with Gasteiger partial charge in [0.05, 0.1) is 11.8 Å². The molecule has 0 aliphatic heterocycles. The molecular weight excluding hydrogens is 280 g/mol. The number of hydrogen-bond acceptors (Lipinski definition) is 4. The van der Waals surface area contributed by atoms with Crippen LogP contribution in [0.1, 0.15) is 32.3 Å². The average molecular weight is 302 g/mol. The van der Waals surface area contributed by atoms with Crippen LogP contribution in [-0.2, 0) is 6.54 Å². The quantitative estimate of drug-likeness (QED) is 0.809. The van der Waals surface area contributed by atoms with Crippen molar-refractivity contribution < 1.29 is 4.74 Å². The molecule has 1 saturated carbocycles. The molecular formula is C17H22N2OS. The molecule has 0 spiro atoms. The van der Waals surface area contributed by atoms with Gasteiger partial charge >= 0.3 is 0 Å². The topological polar surface area (TPSA) is 38.5 Å². The molecule has 1 aromatic heterocycles. The molecule has 3 rings (SSSR count). The van der Waals surface area contributed by atoms with Crippen molar-refractivity contribution in [3.63, 3.8) is 0 Å². The summed E-state index contributed by atoms with van der Waals surface area (Å²) in [6.07, 6.45) is 2.68. The summed E-state index contributed by atoms with van der Waals surface area (Å²) in [5, 5.41) is 4.36. The molecule has 2 N–H and O–H groups in total. The second kappa shape index (κ2) is 5.98. The second-order valence-electron chi connectivity index (χ2n) is 5.88.